The minimum Gasteiger partial charge on any atom is -0.334 e. The summed E-state index contributed by atoms with van der Waals surface area (Å²) in [7, 11) is 0. The average molecular weight is 1420 g/mol. The fourth-order valence-corrected chi connectivity index (χ4v) is 20.4. The molecule has 3 aromatic heterocycles. The molecule has 0 amide bonds. The normalized spacial score (nSPS) is 17.8. The van der Waals surface area contributed by atoms with Crippen LogP contribution >= 0.6 is 0 Å². The Morgan fingerprint density at radius 3 is 1.33 bits per heavy atom. The number of anilines is 5. The smallest absolute Gasteiger partial charge is 0.252 e. The fraction of sp³-hybridized carbons (Fsp3) is 0.192. The van der Waals surface area contributed by atoms with Crippen molar-refractivity contribution in [3.8, 4) is 50.4 Å². The number of para-hydroxylation sites is 6. The van der Waals surface area contributed by atoms with Crippen molar-refractivity contribution in [2.45, 2.75) is 104 Å². The van der Waals surface area contributed by atoms with Crippen LogP contribution in [0.2, 0.25) is 0 Å². The Morgan fingerprint density at radius 1 is 0.391 bits per heavy atom. The molecule has 2 aliphatic heterocycles. The van der Waals surface area contributed by atoms with E-state index < -0.39 is 0 Å². The van der Waals surface area contributed by atoms with E-state index in [9.17, 15) is 0 Å². The topological polar surface area (TPSA) is 21.3 Å². The zero-order valence-corrected chi connectivity index (χ0v) is 63.8. The van der Waals surface area contributed by atoms with E-state index in [1.54, 1.807) is 11.1 Å². The van der Waals surface area contributed by atoms with Crippen molar-refractivity contribution in [2.75, 3.05) is 9.80 Å². The third-order valence-electron chi connectivity index (χ3n) is 25.7. The Bertz CT molecular complexity index is 6260. The number of aromatic nitrogens is 3. The molecule has 0 fully saturated rings. The van der Waals surface area contributed by atoms with E-state index >= 15 is 0 Å². The Labute approximate surface area is 646 Å². The zero-order chi connectivity index (χ0) is 73.7. The lowest BCUT2D eigenvalue weighted by Crippen LogP contribution is -2.64. The molecular formula is C104H90BN5. The lowest BCUT2D eigenvalue weighted by molar-refractivity contribution is 0.220. The molecule has 0 saturated carbocycles. The standard InChI is InChI=1S/C104H90BN5/c1-103(2,3)73-61-84(68-31-11-7-12-32-68)101(85(62-73)69-33-13-8-14-34-69)109-96-65-76(107-92-47-27-21-41-80(92)81-42-22-28-48-93(81)107)55-57-88(96)105-89-58-56-77(108-94-49-29-23-43-82(94)83-44-24-30-50-95(83)108)66-97(89)110(102-86(70-35-15-9-16-36-70)63-74(104(4,5)6)64-87(102)71-37-17-10-18-38-71)99-60-72(59-98(109)100(99)105)67-51-53-75(54-52-67)106-90-45-25-19-39-78(90)79-40-20-26-46-91(79)106/h7-9,11-15,19-34,37,39-63,65-66,70,74,87,102H,10,16-18,35-36,38,64H2,1-6H3. The van der Waals surface area contributed by atoms with Gasteiger partial charge in [0.2, 0.25) is 0 Å². The molecule has 0 saturated heterocycles. The summed E-state index contributed by atoms with van der Waals surface area (Å²) >= 11 is 0. The molecule has 0 spiro atoms. The second kappa shape index (κ2) is 25.9. The SMILES string of the molecule is CC(C)(C)c1cc(-c2ccccc2)c(N2c3cc(-n4c5ccccc5c5ccccc54)ccc3B3c4ccc(-n5c6ccccc6c6ccccc65)cc4N(C4C(C5CC=CCC5)=CC(C(C)(C)C)CC4C4=CCCCC4)c4cc(-c5ccc(-n6c7ccccc7c7ccccc76)cc5)cc2c43)c(-c2ccccc2)c1. The minimum absolute atomic E-state index is 0.00191. The summed E-state index contributed by atoms with van der Waals surface area (Å²) in [5.74, 6) is 1.00. The van der Waals surface area contributed by atoms with Crippen molar-refractivity contribution in [1.29, 1.82) is 0 Å². The van der Waals surface area contributed by atoms with Crippen LogP contribution in [-0.2, 0) is 5.41 Å². The van der Waals surface area contributed by atoms with E-state index in [-0.39, 0.29) is 29.5 Å². The summed E-state index contributed by atoms with van der Waals surface area (Å²) in [5, 5.41) is 7.54. The van der Waals surface area contributed by atoms with Gasteiger partial charge in [0.1, 0.15) is 0 Å². The second-order valence-electron chi connectivity index (χ2n) is 34.0. The summed E-state index contributed by atoms with van der Waals surface area (Å²) in [6, 6.07) is 112. The van der Waals surface area contributed by atoms with Gasteiger partial charge in [-0.05, 0) is 221 Å². The van der Waals surface area contributed by atoms with Gasteiger partial charge in [-0.15, -0.1) is 0 Å². The molecule has 4 unspecified atom stereocenters. The van der Waals surface area contributed by atoms with Crippen LogP contribution in [0.25, 0.3) is 116 Å². The number of fused-ring (bicyclic) bond motifs is 13. The van der Waals surface area contributed by atoms with Gasteiger partial charge in [-0.25, -0.2) is 0 Å². The minimum atomic E-state index is -0.193. The van der Waals surface area contributed by atoms with Crippen LogP contribution in [-0.4, -0.2) is 26.5 Å². The fourth-order valence-electron chi connectivity index (χ4n) is 20.4. The maximum absolute atomic E-state index is 3.02. The molecule has 5 nitrogen and oxygen atoms in total. The van der Waals surface area contributed by atoms with Gasteiger partial charge in [-0.1, -0.05) is 266 Å². The molecule has 3 aliphatic carbocycles. The molecule has 0 radical (unpaired) electrons. The largest absolute Gasteiger partial charge is 0.334 e. The number of hydrogen-bond acceptors (Lipinski definition) is 2. The highest BCUT2D eigenvalue weighted by molar-refractivity contribution is 7.00. The predicted molar refractivity (Wildman–Crippen MR) is 468 cm³/mol. The van der Waals surface area contributed by atoms with Crippen LogP contribution in [0.3, 0.4) is 0 Å². The third kappa shape index (κ3) is 10.6. The van der Waals surface area contributed by atoms with Gasteiger partial charge in [-0.3, -0.25) is 0 Å². The second-order valence-corrected chi connectivity index (χ2v) is 34.0. The Balaban J connectivity index is 0.926. The van der Waals surface area contributed by atoms with Gasteiger partial charge < -0.3 is 23.5 Å². The van der Waals surface area contributed by atoms with Crippen molar-refractivity contribution < 1.29 is 0 Å². The number of hydrogen-bond donors (Lipinski definition) is 0. The first-order chi connectivity index (χ1) is 53.9. The van der Waals surface area contributed by atoms with Gasteiger partial charge in [-0.2, -0.15) is 0 Å². The maximum Gasteiger partial charge on any atom is 0.252 e. The van der Waals surface area contributed by atoms with Crippen molar-refractivity contribution in [2.24, 2.45) is 23.2 Å². The molecule has 5 heterocycles. The molecule has 0 bridgehead atoms. The first-order valence-corrected chi connectivity index (χ1v) is 40.3. The summed E-state index contributed by atoms with van der Waals surface area (Å²) in [5.41, 5.74) is 32.3. The van der Waals surface area contributed by atoms with Crippen LogP contribution in [0.4, 0.5) is 28.4 Å². The molecule has 13 aromatic carbocycles. The van der Waals surface area contributed by atoms with Crippen LogP contribution in [0.5, 0.6) is 0 Å². The highest BCUT2D eigenvalue weighted by Crippen LogP contribution is 2.56. The van der Waals surface area contributed by atoms with Crippen molar-refractivity contribution in [1.82, 2.24) is 13.7 Å². The van der Waals surface area contributed by atoms with E-state index in [2.05, 4.69) is 381 Å². The molecular weight excluding hydrogens is 1330 g/mol. The summed E-state index contributed by atoms with van der Waals surface area (Å²) in [6.45, 7) is 14.5. The van der Waals surface area contributed by atoms with Crippen LogP contribution in [0.15, 0.2) is 327 Å². The molecule has 5 aliphatic rings. The van der Waals surface area contributed by atoms with Crippen molar-refractivity contribution in [3.63, 3.8) is 0 Å². The monoisotopic (exact) mass is 1420 g/mol. The lowest BCUT2D eigenvalue weighted by Gasteiger charge is -2.53. The van der Waals surface area contributed by atoms with E-state index in [0.717, 1.165) is 49.9 Å². The molecule has 4 atom stereocenters. The Hall–Kier alpha value is -11.9. The van der Waals surface area contributed by atoms with Crippen LogP contribution < -0.4 is 26.2 Å². The number of benzene rings is 13. The van der Waals surface area contributed by atoms with Gasteiger partial charge in [0.05, 0.1) is 44.8 Å². The number of rotatable bonds is 10. The highest BCUT2D eigenvalue weighted by atomic mass is 15.2. The van der Waals surface area contributed by atoms with Crippen molar-refractivity contribution >= 4 is 117 Å². The molecule has 6 heteroatoms. The first-order valence-electron chi connectivity index (χ1n) is 40.3. The Kier molecular flexibility index (Phi) is 15.6. The molecule has 21 rings (SSSR count). The van der Waals surface area contributed by atoms with Crippen LogP contribution in [0.1, 0.15) is 98.5 Å². The molecule has 0 N–H and O–H groups in total. The van der Waals surface area contributed by atoms with Gasteiger partial charge in [0.25, 0.3) is 6.71 Å². The van der Waals surface area contributed by atoms with E-state index in [4.69, 9.17) is 0 Å². The van der Waals surface area contributed by atoms with Gasteiger partial charge in [0, 0.05) is 89.2 Å². The number of allylic oxidation sites excluding steroid dienone is 4. The summed E-state index contributed by atoms with van der Waals surface area (Å²) in [4.78, 5) is 5.82. The number of nitrogens with zero attached hydrogens (tertiary/aromatic N) is 5. The zero-order valence-electron chi connectivity index (χ0n) is 63.8. The van der Waals surface area contributed by atoms with Gasteiger partial charge in [0.15, 0.2) is 0 Å². The molecule has 534 valence electrons. The summed E-state index contributed by atoms with van der Waals surface area (Å²) in [6.07, 6.45) is 19.6. The van der Waals surface area contributed by atoms with E-state index in [1.807, 2.05) is 0 Å². The predicted octanol–water partition coefficient (Wildman–Crippen LogP) is 25.9. The van der Waals surface area contributed by atoms with Gasteiger partial charge >= 0.3 is 0 Å². The first kappa shape index (κ1) is 66.4. The lowest BCUT2D eigenvalue weighted by atomic mass is 9.33. The van der Waals surface area contributed by atoms with E-state index in [0.29, 0.717) is 11.8 Å². The average Bonchev–Trinajstić information content (AvgIpc) is 0.844. The van der Waals surface area contributed by atoms with E-state index in [1.165, 1.54) is 168 Å². The quantitative estimate of drug-likeness (QED) is 0.101. The molecule has 16 aromatic rings. The Morgan fingerprint density at radius 2 is 0.855 bits per heavy atom. The third-order valence-corrected chi connectivity index (χ3v) is 25.7. The highest BCUT2D eigenvalue weighted by Gasteiger charge is 2.51. The van der Waals surface area contributed by atoms with Crippen LogP contribution in [0, 0.1) is 23.2 Å². The molecule has 110 heavy (non-hydrogen) atoms. The summed E-state index contributed by atoms with van der Waals surface area (Å²) < 4.78 is 7.58. The van der Waals surface area contributed by atoms with Crippen molar-refractivity contribution in [3.05, 3.63) is 332 Å². The maximum atomic E-state index is 3.02.